The summed E-state index contributed by atoms with van der Waals surface area (Å²) in [6.07, 6.45) is 1.17. The van der Waals surface area contributed by atoms with E-state index in [1.54, 1.807) is 0 Å². The number of nitrogens with one attached hydrogen (secondary N) is 1. The summed E-state index contributed by atoms with van der Waals surface area (Å²) in [6.45, 7) is 5.17. The molecule has 0 fully saturated rings. The maximum absolute atomic E-state index is 8.98. The first-order valence-electron chi connectivity index (χ1n) is 6.07. The van der Waals surface area contributed by atoms with E-state index in [4.69, 9.17) is 5.26 Å². The van der Waals surface area contributed by atoms with Crippen LogP contribution in [-0.4, -0.2) is 17.5 Å². The number of nitrogens with zero attached hydrogens (tertiary/aromatic N) is 1. The van der Waals surface area contributed by atoms with E-state index in [2.05, 4.69) is 25.2 Å². The quantitative estimate of drug-likeness (QED) is 0.753. The molecule has 2 nitrogen and oxygen atoms in total. The summed E-state index contributed by atoms with van der Waals surface area (Å²) < 4.78 is 0. The molecule has 0 bridgehead atoms. The van der Waals surface area contributed by atoms with Crippen molar-refractivity contribution in [2.45, 2.75) is 32.9 Å². The van der Waals surface area contributed by atoms with E-state index < -0.39 is 0 Å². The predicted molar refractivity (Wildman–Crippen MR) is 75.1 cm³/mol. The summed E-state index contributed by atoms with van der Waals surface area (Å²) >= 11 is 1.97. The Morgan fingerprint density at radius 2 is 2.18 bits per heavy atom. The summed E-state index contributed by atoms with van der Waals surface area (Å²) in [5.41, 5.74) is 1.86. The Morgan fingerprint density at radius 1 is 1.41 bits per heavy atom. The van der Waals surface area contributed by atoms with E-state index in [-0.39, 0.29) is 0 Å². The van der Waals surface area contributed by atoms with Crippen molar-refractivity contribution in [1.82, 2.24) is 5.32 Å². The standard InChI is InChI=1S/C14H20N2S/c1-3-17-9-8-12(2)16-11-14-7-5-4-6-13(14)10-15/h4-7,12,16H,3,8-9,11H2,1-2H3. The topological polar surface area (TPSA) is 35.8 Å². The SMILES string of the molecule is CCSCCC(C)NCc1ccccc1C#N. The van der Waals surface area contributed by atoms with Gasteiger partial charge in [0.15, 0.2) is 0 Å². The molecule has 92 valence electrons. The molecular weight excluding hydrogens is 228 g/mol. The zero-order valence-electron chi connectivity index (χ0n) is 10.6. The first-order valence-corrected chi connectivity index (χ1v) is 7.22. The highest BCUT2D eigenvalue weighted by Crippen LogP contribution is 2.08. The summed E-state index contributed by atoms with van der Waals surface area (Å²) in [5.74, 6) is 2.38. The lowest BCUT2D eigenvalue weighted by atomic mass is 10.1. The van der Waals surface area contributed by atoms with Gasteiger partial charge in [0.25, 0.3) is 0 Å². The summed E-state index contributed by atoms with van der Waals surface area (Å²) in [4.78, 5) is 0. The lowest BCUT2D eigenvalue weighted by Gasteiger charge is -2.13. The molecule has 0 aromatic heterocycles. The Bertz CT molecular complexity index is 371. The van der Waals surface area contributed by atoms with Crippen molar-refractivity contribution >= 4 is 11.8 Å². The second-order valence-electron chi connectivity index (χ2n) is 4.04. The summed E-state index contributed by atoms with van der Waals surface area (Å²) in [5, 5.41) is 12.4. The van der Waals surface area contributed by atoms with Crippen molar-refractivity contribution in [2.24, 2.45) is 0 Å². The Labute approximate surface area is 108 Å². The maximum atomic E-state index is 8.98. The van der Waals surface area contributed by atoms with Crippen LogP contribution in [0, 0.1) is 11.3 Å². The number of nitriles is 1. The first-order chi connectivity index (χ1) is 8.27. The molecule has 1 rings (SSSR count). The van der Waals surface area contributed by atoms with Crippen LogP contribution in [0.5, 0.6) is 0 Å². The van der Waals surface area contributed by atoms with Gasteiger partial charge in [0.2, 0.25) is 0 Å². The third kappa shape index (κ3) is 5.25. The fourth-order valence-corrected chi connectivity index (χ4v) is 2.38. The number of benzene rings is 1. The molecule has 1 aromatic carbocycles. The van der Waals surface area contributed by atoms with Crippen molar-refractivity contribution < 1.29 is 0 Å². The molecule has 0 aliphatic rings. The molecule has 0 saturated carbocycles. The zero-order valence-corrected chi connectivity index (χ0v) is 11.4. The van der Waals surface area contributed by atoms with Crippen LogP contribution >= 0.6 is 11.8 Å². The highest BCUT2D eigenvalue weighted by molar-refractivity contribution is 7.99. The molecule has 1 atom stereocenters. The van der Waals surface area contributed by atoms with Gasteiger partial charge in [0.05, 0.1) is 11.6 Å². The van der Waals surface area contributed by atoms with Gasteiger partial charge in [0.1, 0.15) is 0 Å². The van der Waals surface area contributed by atoms with Gasteiger partial charge in [-0.2, -0.15) is 17.0 Å². The maximum Gasteiger partial charge on any atom is 0.0995 e. The van der Waals surface area contributed by atoms with E-state index in [9.17, 15) is 0 Å². The molecular formula is C14H20N2S. The van der Waals surface area contributed by atoms with Crippen molar-refractivity contribution in [3.05, 3.63) is 35.4 Å². The van der Waals surface area contributed by atoms with Gasteiger partial charge < -0.3 is 5.32 Å². The largest absolute Gasteiger partial charge is 0.310 e. The number of thioether (sulfide) groups is 1. The van der Waals surface area contributed by atoms with Gasteiger partial charge in [-0.3, -0.25) is 0 Å². The van der Waals surface area contributed by atoms with Gasteiger partial charge in [-0.05, 0) is 36.5 Å². The van der Waals surface area contributed by atoms with Crippen LogP contribution in [0.25, 0.3) is 0 Å². The molecule has 0 aliphatic carbocycles. The number of hydrogen-bond donors (Lipinski definition) is 1. The highest BCUT2D eigenvalue weighted by Gasteiger charge is 2.04. The molecule has 1 N–H and O–H groups in total. The molecule has 1 aromatic rings. The van der Waals surface area contributed by atoms with Gasteiger partial charge in [0, 0.05) is 12.6 Å². The molecule has 1 unspecified atom stereocenters. The van der Waals surface area contributed by atoms with E-state index in [1.807, 2.05) is 36.0 Å². The minimum atomic E-state index is 0.501. The van der Waals surface area contributed by atoms with E-state index >= 15 is 0 Å². The minimum Gasteiger partial charge on any atom is -0.310 e. The van der Waals surface area contributed by atoms with Crippen molar-refractivity contribution in [3.63, 3.8) is 0 Å². The van der Waals surface area contributed by atoms with Crippen LogP contribution < -0.4 is 5.32 Å². The lowest BCUT2D eigenvalue weighted by Crippen LogP contribution is -2.26. The van der Waals surface area contributed by atoms with Crippen molar-refractivity contribution in [3.8, 4) is 6.07 Å². The molecule has 0 amide bonds. The van der Waals surface area contributed by atoms with Crippen LogP contribution in [0.15, 0.2) is 24.3 Å². The molecule has 0 heterocycles. The molecule has 0 saturated heterocycles. The smallest absolute Gasteiger partial charge is 0.0995 e. The number of rotatable bonds is 7. The third-order valence-electron chi connectivity index (χ3n) is 2.68. The lowest BCUT2D eigenvalue weighted by molar-refractivity contribution is 0.537. The van der Waals surface area contributed by atoms with Gasteiger partial charge >= 0.3 is 0 Å². The molecule has 0 radical (unpaired) electrons. The average molecular weight is 248 g/mol. The van der Waals surface area contributed by atoms with E-state index in [0.717, 1.165) is 17.7 Å². The van der Waals surface area contributed by atoms with Crippen LogP contribution in [0.3, 0.4) is 0 Å². The highest BCUT2D eigenvalue weighted by atomic mass is 32.2. The first kappa shape index (κ1) is 14.1. The minimum absolute atomic E-state index is 0.501. The van der Waals surface area contributed by atoms with Gasteiger partial charge in [-0.1, -0.05) is 25.1 Å². The fraction of sp³-hybridized carbons (Fsp3) is 0.500. The second-order valence-corrected chi connectivity index (χ2v) is 5.43. The molecule has 3 heteroatoms. The molecule has 0 aliphatic heterocycles. The summed E-state index contributed by atoms with van der Waals surface area (Å²) in [7, 11) is 0. The van der Waals surface area contributed by atoms with Gasteiger partial charge in [-0.25, -0.2) is 0 Å². The number of hydrogen-bond acceptors (Lipinski definition) is 3. The van der Waals surface area contributed by atoms with Crippen LogP contribution in [-0.2, 0) is 6.54 Å². The predicted octanol–water partition coefficient (Wildman–Crippen LogP) is 3.18. The Kier molecular flexibility index (Phi) is 6.76. The third-order valence-corrected chi connectivity index (χ3v) is 3.61. The monoisotopic (exact) mass is 248 g/mol. The molecule has 17 heavy (non-hydrogen) atoms. The summed E-state index contributed by atoms with van der Waals surface area (Å²) in [6, 6.07) is 10.5. The van der Waals surface area contributed by atoms with Crippen LogP contribution in [0.1, 0.15) is 31.4 Å². The van der Waals surface area contributed by atoms with E-state index in [0.29, 0.717) is 6.04 Å². The Balaban J connectivity index is 2.37. The Morgan fingerprint density at radius 3 is 2.88 bits per heavy atom. The molecule has 0 spiro atoms. The van der Waals surface area contributed by atoms with Crippen molar-refractivity contribution in [1.29, 1.82) is 5.26 Å². The second kappa shape index (κ2) is 8.16. The van der Waals surface area contributed by atoms with Gasteiger partial charge in [-0.15, -0.1) is 0 Å². The zero-order chi connectivity index (χ0) is 12.5. The van der Waals surface area contributed by atoms with Crippen LogP contribution in [0.4, 0.5) is 0 Å². The van der Waals surface area contributed by atoms with Crippen LogP contribution in [0.2, 0.25) is 0 Å². The normalized spacial score (nSPS) is 12.1. The van der Waals surface area contributed by atoms with E-state index in [1.165, 1.54) is 17.9 Å². The van der Waals surface area contributed by atoms with Crippen molar-refractivity contribution in [2.75, 3.05) is 11.5 Å². The Hall–Kier alpha value is -0.980. The average Bonchev–Trinajstić information content (AvgIpc) is 2.37. The fourth-order valence-electron chi connectivity index (χ4n) is 1.57.